The van der Waals surface area contributed by atoms with Crippen molar-refractivity contribution >= 4 is 63.3 Å². The van der Waals surface area contributed by atoms with Crippen molar-refractivity contribution in [2.45, 2.75) is 25.7 Å². The zero-order valence-electron chi connectivity index (χ0n) is 25.7. The second-order valence-corrected chi connectivity index (χ2v) is 12.0. The van der Waals surface area contributed by atoms with E-state index in [4.69, 9.17) is 16.5 Å². The van der Waals surface area contributed by atoms with Gasteiger partial charge in [0.05, 0.1) is 36.7 Å². The maximum Gasteiger partial charge on any atom is 2.00 e. The van der Waals surface area contributed by atoms with Crippen LogP contribution in [0.3, 0.4) is 0 Å². The van der Waals surface area contributed by atoms with Gasteiger partial charge in [-0.3, -0.25) is 9.59 Å². The number of carbonyl (C=O) groups excluding carboxylic acids is 4. The first kappa shape index (κ1) is 38.7. The smallest absolute Gasteiger partial charge is 0.632 e. The van der Waals surface area contributed by atoms with Gasteiger partial charge in [-0.1, -0.05) is 42.5 Å². The van der Waals surface area contributed by atoms with Gasteiger partial charge in [0.25, 0.3) is 0 Å². The second kappa shape index (κ2) is 17.6. The molecule has 16 heteroatoms. The summed E-state index contributed by atoms with van der Waals surface area (Å²) in [6, 6.07) is 21.6. The van der Waals surface area contributed by atoms with Gasteiger partial charge in [0, 0.05) is 22.5 Å². The number of methoxy groups -OCH3 is 2. The predicted molar refractivity (Wildman–Crippen MR) is 180 cm³/mol. The number of ether oxygens (including phenoxy) is 2. The molecule has 0 aliphatic heterocycles. The van der Waals surface area contributed by atoms with Crippen LogP contribution in [0.5, 0.6) is 0 Å². The molecule has 0 saturated carbocycles. The fraction of sp³-hybridized carbons (Fsp3) is 0.188. The van der Waals surface area contributed by atoms with E-state index in [2.05, 4.69) is 73.0 Å². The van der Waals surface area contributed by atoms with Gasteiger partial charge in [-0.25, -0.2) is 22.0 Å². The number of nitrogens with one attached hydrogen (secondary N) is 4. The molecule has 2 aliphatic carbocycles. The van der Waals surface area contributed by atoms with Crippen LogP contribution in [0, 0.1) is 0 Å². The number of hydrogen-bond acceptors (Lipinski definition) is 8. The molecule has 2 atom stereocenters. The Morgan fingerprint density at radius 1 is 0.729 bits per heavy atom. The van der Waals surface area contributed by atoms with Gasteiger partial charge in [0.15, 0.2) is 0 Å². The minimum Gasteiger partial charge on any atom is -0.632 e. The van der Waals surface area contributed by atoms with E-state index in [9.17, 15) is 19.2 Å². The summed E-state index contributed by atoms with van der Waals surface area (Å²) in [5, 5.41) is 2.48. The van der Waals surface area contributed by atoms with Gasteiger partial charge in [-0.05, 0) is 64.8 Å². The first-order valence-corrected chi connectivity index (χ1v) is 16.0. The summed E-state index contributed by atoms with van der Waals surface area (Å²) >= 11 is 0. The quantitative estimate of drug-likeness (QED) is 0.165. The van der Waals surface area contributed by atoms with Crippen molar-refractivity contribution in [3.63, 3.8) is 0 Å². The molecule has 2 amide bonds. The SMILES string of the molecule is COC([NH-])=O.COC([NH-])=O.O=[C-]Pc1nc2c([nH]1)CCc1cc(-c3ccc4c5c(ccc4c3)-c3nc(P[C-]=O)[nH]c3CC5)ccc1-2.[V+2].[V+2]. The number of rotatable bonds is 5. The molecule has 2 unspecified atom stereocenters. The molecule has 0 fully saturated rings. The Labute approximate surface area is 303 Å². The summed E-state index contributed by atoms with van der Waals surface area (Å²) in [4.78, 5) is 56.1. The van der Waals surface area contributed by atoms with Gasteiger partial charge in [-0.15, -0.1) is 0 Å². The maximum absolute atomic E-state index is 10.8. The molecule has 0 saturated heterocycles. The van der Waals surface area contributed by atoms with E-state index < -0.39 is 12.2 Å². The molecular weight excluding hydrogens is 728 g/mol. The Bertz CT molecular complexity index is 1950. The summed E-state index contributed by atoms with van der Waals surface area (Å²) in [7, 11) is 2.20. The van der Waals surface area contributed by atoms with Crippen molar-refractivity contribution in [2.75, 3.05) is 14.2 Å². The first-order chi connectivity index (χ1) is 22.3. The van der Waals surface area contributed by atoms with E-state index in [1.54, 1.807) is 0 Å². The van der Waals surface area contributed by atoms with Crippen molar-refractivity contribution < 1.29 is 65.8 Å². The third-order valence-electron chi connectivity index (χ3n) is 7.62. The third-order valence-corrected chi connectivity index (χ3v) is 8.77. The fourth-order valence-electron chi connectivity index (χ4n) is 5.63. The van der Waals surface area contributed by atoms with Crippen LogP contribution in [-0.2, 0) is 81.9 Å². The molecule has 4 N–H and O–H groups in total. The molecule has 0 spiro atoms. The predicted octanol–water partition coefficient (Wildman–Crippen LogP) is 5.83. The number of aromatic nitrogens is 4. The van der Waals surface area contributed by atoms with Crippen LogP contribution < -0.4 is 11.1 Å². The number of benzene rings is 3. The Balaban J connectivity index is 0.000000461. The normalized spacial score (nSPS) is 12.0. The average molecular weight is 756 g/mol. The Kier molecular flexibility index (Phi) is 14.2. The largest absolute Gasteiger partial charge is 2.00 e. The van der Waals surface area contributed by atoms with Crippen molar-refractivity contribution in [1.82, 2.24) is 19.9 Å². The number of hydrogen-bond donors (Lipinski definition) is 2. The van der Waals surface area contributed by atoms with E-state index >= 15 is 0 Å². The summed E-state index contributed by atoms with van der Waals surface area (Å²) in [5.74, 6) is 0. The number of H-pyrrole nitrogens is 2. The molecule has 2 radical (unpaired) electrons. The van der Waals surface area contributed by atoms with Crippen molar-refractivity contribution in [1.29, 1.82) is 0 Å². The number of carbonyl (C=O) groups is 2. The van der Waals surface area contributed by atoms with Crippen LogP contribution in [0.25, 0.3) is 55.9 Å². The number of fused-ring (bicyclic) bond motifs is 8. The summed E-state index contributed by atoms with van der Waals surface area (Å²) < 4.78 is 7.56. The van der Waals surface area contributed by atoms with E-state index in [0.29, 0.717) is 11.1 Å². The van der Waals surface area contributed by atoms with E-state index in [1.165, 1.54) is 33.0 Å². The van der Waals surface area contributed by atoms with Gasteiger partial charge >= 0.3 is 37.1 Å². The van der Waals surface area contributed by atoms with Crippen LogP contribution in [0.1, 0.15) is 22.5 Å². The van der Waals surface area contributed by atoms with Gasteiger partial charge in [0.1, 0.15) is 0 Å². The zero-order valence-corrected chi connectivity index (χ0v) is 30.5. The number of imidazole rings is 2. The number of aryl methyl sites for hydroxylation is 4. The Hall–Kier alpha value is -3.75. The molecule has 48 heavy (non-hydrogen) atoms. The van der Waals surface area contributed by atoms with Crippen molar-refractivity contribution in [3.05, 3.63) is 82.5 Å². The van der Waals surface area contributed by atoms with Crippen LogP contribution in [0.4, 0.5) is 9.59 Å². The topological polar surface area (TPSA) is 192 Å². The van der Waals surface area contributed by atoms with Crippen LogP contribution >= 0.6 is 17.2 Å². The molecule has 3 aromatic carbocycles. The minimum atomic E-state index is -0.995. The Morgan fingerprint density at radius 3 is 1.79 bits per heavy atom. The first-order valence-electron chi connectivity index (χ1n) is 14.0. The van der Waals surface area contributed by atoms with Gasteiger partial charge < -0.3 is 40.5 Å². The summed E-state index contributed by atoms with van der Waals surface area (Å²) in [6.07, 6.45) is 1.70. The van der Waals surface area contributed by atoms with Gasteiger partial charge in [-0.2, -0.15) is 17.2 Å². The number of aromatic amines is 2. The summed E-state index contributed by atoms with van der Waals surface area (Å²) in [6.45, 7) is 0. The standard InChI is InChI=1S/C28H20N4O2P2.2C2H5NO2.2V/c33-13-35-27-29-23-9-4-18-12-16(2-6-20(18)25(23)31-27)15-1-5-19-17(11-15)3-7-22-21(19)8-10-24-26(22)32-28(30-24)36-14-34;2*1-5-2(3)4;;/h1-3,5-7,11-12,35-36H,4,8-10H2,(H,29,31)(H,30,32);2*1H3,(H2,3,4);;/q-2;;;2*+2/p-2. The zero-order chi connectivity index (χ0) is 32.8. The molecule has 0 bridgehead atoms. The number of amides is 2. The molecular formula is C32H28N6O6P2V2. The summed E-state index contributed by atoms with van der Waals surface area (Å²) in [5.41, 5.74) is 24.8. The van der Waals surface area contributed by atoms with Crippen molar-refractivity contribution in [3.8, 4) is 33.6 Å². The average Bonchev–Trinajstić information content (AvgIpc) is 3.68. The molecule has 2 heterocycles. The molecule has 12 nitrogen and oxygen atoms in total. The molecule has 5 aromatic rings. The Morgan fingerprint density at radius 2 is 1.23 bits per heavy atom. The van der Waals surface area contributed by atoms with Crippen LogP contribution in [-0.4, -0.2) is 58.4 Å². The third kappa shape index (κ3) is 8.63. The molecule has 2 aliphatic rings. The molecule has 242 valence electrons. The van der Waals surface area contributed by atoms with Crippen molar-refractivity contribution in [2.24, 2.45) is 0 Å². The van der Waals surface area contributed by atoms with E-state index in [0.717, 1.165) is 73.8 Å². The molecule has 2 aromatic heterocycles. The molecule has 7 rings (SSSR count). The van der Waals surface area contributed by atoms with Crippen LogP contribution in [0.15, 0.2) is 48.5 Å². The van der Waals surface area contributed by atoms with E-state index in [1.807, 2.05) is 12.1 Å². The minimum absolute atomic E-state index is 0. The van der Waals surface area contributed by atoms with E-state index in [-0.39, 0.29) is 54.3 Å². The fourth-order valence-corrected chi connectivity index (χ4v) is 6.58. The number of nitrogens with zero attached hydrogens (tertiary/aromatic N) is 2. The van der Waals surface area contributed by atoms with Crippen LogP contribution in [0.2, 0.25) is 0 Å². The monoisotopic (exact) mass is 756 g/mol. The second-order valence-electron chi connectivity index (χ2n) is 10.2. The van der Waals surface area contributed by atoms with Gasteiger partial charge in [0.2, 0.25) is 12.2 Å². The maximum atomic E-state index is 10.8.